The Balaban J connectivity index is 1.90. The van der Waals surface area contributed by atoms with Gasteiger partial charge in [-0.15, -0.1) is 0 Å². The van der Waals surface area contributed by atoms with Crippen LogP contribution in [-0.2, 0) is 14.3 Å². The van der Waals surface area contributed by atoms with Gasteiger partial charge in [0.05, 0.1) is 17.7 Å². The fraction of sp³-hybridized carbons (Fsp3) is 0.571. The summed E-state index contributed by atoms with van der Waals surface area (Å²) in [5, 5.41) is 0.429. The molecule has 0 unspecified atom stereocenters. The fourth-order valence-electron chi connectivity index (χ4n) is 5.55. The van der Waals surface area contributed by atoms with Crippen molar-refractivity contribution in [2.24, 2.45) is 0 Å². The molecule has 35 heavy (non-hydrogen) atoms. The number of benzene rings is 1. The predicted octanol–water partition coefficient (Wildman–Crippen LogP) is 5.98. The van der Waals surface area contributed by atoms with Gasteiger partial charge in [0, 0.05) is 61.6 Å². The average Bonchev–Trinajstić information content (AvgIpc) is 2.81. The van der Waals surface area contributed by atoms with Crippen molar-refractivity contribution in [3.63, 3.8) is 0 Å². The largest absolute Gasteiger partial charge is 0.490 e. The molecule has 2 aliphatic carbocycles. The molecule has 0 atom stereocenters. The monoisotopic (exact) mass is 501 g/mol. The second-order valence-electron chi connectivity index (χ2n) is 9.63. The van der Waals surface area contributed by atoms with Gasteiger partial charge in [-0.05, 0) is 70.6 Å². The molecule has 0 spiro atoms. The number of allylic oxidation sites excluding steroid dienone is 4. The van der Waals surface area contributed by atoms with E-state index in [0.717, 1.165) is 66.8 Å². The summed E-state index contributed by atoms with van der Waals surface area (Å²) in [6, 6.07) is 3.77. The zero-order chi connectivity index (χ0) is 25.1. The number of Topliss-reactive ketones (excluding diaryl/α,β-unsaturated/α-hetero) is 2. The number of rotatable bonds is 9. The molecule has 0 N–H and O–H groups in total. The molecule has 6 nitrogen and oxygen atoms in total. The summed E-state index contributed by atoms with van der Waals surface area (Å²) in [5.41, 5.74) is 4.44. The van der Waals surface area contributed by atoms with Crippen LogP contribution in [-0.4, -0.2) is 49.4 Å². The summed E-state index contributed by atoms with van der Waals surface area (Å²) in [4.78, 5) is 29.1. The highest BCUT2D eigenvalue weighted by atomic mass is 35.5. The lowest BCUT2D eigenvalue weighted by Gasteiger charge is -2.44. The number of hydrogen-bond acceptors (Lipinski definition) is 6. The fourth-order valence-corrected chi connectivity index (χ4v) is 5.82. The molecule has 190 valence electrons. The standard InChI is InChI=1S/C28H36ClNO5/c1-5-34-24-16-18(15-19(29)28(24)35-17(2)3)25-26-20(9-6-11-22(26)31)30(13-8-14-33-4)21-10-7-12-23(32)27(21)25/h15-17,25H,5-14H2,1-4H3. The molecule has 4 rings (SSSR count). The van der Waals surface area contributed by atoms with Crippen molar-refractivity contribution in [3.8, 4) is 11.5 Å². The van der Waals surface area contributed by atoms with Gasteiger partial charge in [-0.25, -0.2) is 0 Å². The van der Waals surface area contributed by atoms with E-state index in [0.29, 0.717) is 42.6 Å². The van der Waals surface area contributed by atoms with Gasteiger partial charge in [-0.2, -0.15) is 0 Å². The number of carbonyl (C=O) groups excluding carboxylic acids is 2. The molecular weight excluding hydrogens is 466 g/mol. The number of halogens is 1. The van der Waals surface area contributed by atoms with Crippen LogP contribution in [0.3, 0.4) is 0 Å². The molecule has 0 saturated heterocycles. The molecule has 0 fully saturated rings. The first-order valence-corrected chi connectivity index (χ1v) is 13.2. The van der Waals surface area contributed by atoms with E-state index in [1.54, 1.807) is 7.11 Å². The van der Waals surface area contributed by atoms with Crippen LogP contribution in [0.5, 0.6) is 11.5 Å². The molecule has 1 aromatic carbocycles. The zero-order valence-corrected chi connectivity index (χ0v) is 22.0. The Bertz CT molecular complexity index is 1010. The predicted molar refractivity (Wildman–Crippen MR) is 136 cm³/mol. The Hall–Kier alpha value is -2.31. The maximum Gasteiger partial charge on any atom is 0.180 e. The van der Waals surface area contributed by atoms with Gasteiger partial charge in [-0.3, -0.25) is 9.59 Å². The molecule has 1 aromatic rings. The molecule has 0 radical (unpaired) electrons. The van der Waals surface area contributed by atoms with Crippen molar-refractivity contribution in [3.05, 3.63) is 45.3 Å². The molecule has 1 aliphatic heterocycles. The van der Waals surface area contributed by atoms with Crippen molar-refractivity contribution >= 4 is 23.2 Å². The zero-order valence-electron chi connectivity index (χ0n) is 21.2. The topological polar surface area (TPSA) is 65.1 Å². The van der Waals surface area contributed by atoms with Crippen molar-refractivity contribution in [2.75, 3.05) is 26.9 Å². The Morgan fingerprint density at radius 2 is 1.66 bits per heavy atom. The SMILES string of the molecule is CCOc1cc(C2C3=C(CCCC3=O)N(CCCOC)C3=C2C(=O)CCC3)cc(Cl)c1OC(C)C. The van der Waals surface area contributed by atoms with Crippen molar-refractivity contribution in [1.82, 2.24) is 4.90 Å². The third kappa shape index (κ3) is 5.14. The Kier molecular flexibility index (Phi) is 8.23. The van der Waals surface area contributed by atoms with Gasteiger partial charge in [0.15, 0.2) is 23.1 Å². The van der Waals surface area contributed by atoms with E-state index < -0.39 is 5.92 Å². The lowest BCUT2D eigenvalue weighted by Crippen LogP contribution is -2.39. The highest BCUT2D eigenvalue weighted by Gasteiger charge is 2.43. The minimum Gasteiger partial charge on any atom is -0.490 e. The quantitative estimate of drug-likeness (QED) is 0.388. The number of hydrogen-bond donors (Lipinski definition) is 0. The molecule has 0 bridgehead atoms. The lowest BCUT2D eigenvalue weighted by atomic mass is 9.71. The number of nitrogens with zero attached hydrogens (tertiary/aromatic N) is 1. The Morgan fingerprint density at radius 1 is 1.03 bits per heavy atom. The van der Waals surface area contributed by atoms with Crippen LogP contribution < -0.4 is 9.47 Å². The highest BCUT2D eigenvalue weighted by Crippen LogP contribution is 2.51. The highest BCUT2D eigenvalue weighted by molar-refractivity contribution is 6.32. The molecule has 0 aromatic heterocycles. The van der Waals surface area contributed by atoms with Gasteiger partial charge >= 0.3 is 0 Å². The first kappa shape index (κ1) is 25.8. The third-order valence-corrected chi connectivity index (χ3v) is 7.12. The average molecular weight is 502 g/mol. The van der Waals surface area contributed by atoms with Crippen LogP contribution in [0.15, 0.2) is 34.7 Å². The maximum atomic E-state index is 13.4. The smallest absolute Gasteiger partial charge is 0.180 e. The molecule has 7 heteroatoms. The van der Waals surface area contributed by atoms with Crippen LogP contribution in [0.1, 0.15) is 77.2 Å². The Morgan fingerprint density at radius 3 is 2.20 bits per heavy atom. The first-order chi connectivity index (χ1) is 16.9. The van der Waals surface area contributed by atoms with E-state index in [1.165, 1.54) is 0 Å². The van der Waals surface area contributed by atoms with Crippen LogP contribution in [0.25, 0.3) is 0 Å². The minimum atomic E-state index is -0.427. The number of ether oxygens (including phenoxy) is 3. The van der Waals surface area contributed by atoms with Crippen molar-refractivity contribution < 1.29 is 23.8 Å². The summed E-state index contributed by atoms with van der Waals surface area (Å²) >= 11 is 6.74. The number of carbonyl (C=O) groups is 2. The summed E-state index contributed by atoms with van der Waals surface area (Å²) in [5.74, 6) is 0.854. The minimum absolute atomic E-state index is 0.0728. The normalized spacial score (nSPS) is 18.9. The molecule has 1 heterocycles. The first-order valence-electron chi connectivity index (χ1n) is 12.8. The van der Waals surface area contributed by atoms with Gasteiger partial charge in [0.1, 0.15) is 0 Å². The van der Waals surface area contributed by atoms with E-state index in [9.17, 15) is 9.59 Å². The van der Waals surface area contributed by atoms with E-state index in [1.807, 2.05) is 32.9 Å². The van der Waals surface area contributed by atoms with Crippen molar-refractivity contribution in [1.29, 1.82) is 0 Å². The van der Waals surface area contributed by atoms with Gasteiger partial charge < -0.3 is 19.1 Å². The van der Waals surface area contributed by atoms with E-state index in [4.69, 9.17) is 25.8 Å². The summed E-state index contributed by atoms with van der Waals surface area (Å²) in [6.07, 6.45) is 5.07. The van der Waals surface area contributed by atoms with Gasteiger partial charge in [0.2, 0.25) is 0 Å². The Labute approximate surface area is 213 Å². The number of methoxy groups -OCH3 is 1. The molecule has 3 aliphatic rings. The molecular formula is C28H36ClNO5. The van der Waals surface area contributed by atoms with Crippen LogP contribution in [0.2, 0.25) is 5.02 Å². The lowest BCUT2D eigenvalue weighted by molar-refractivity contribution is -0.117. The summed E-state index contributed by atoms with van der Waals surface area (Å²) in [7, 11) is 1.70. The maximum absolute atomic E-state index is 13.4. The molecule has 0 saturated carbocycles. The summed E-state index contributed by atoms with van der Waals surface area (Å²) in [6.45, 7) is 7.62. The van der Waals surface area contributed by atoms with Crippen LogP contribution >= 0.6 is 11.6 Å². The third-order valence-electron chi connectivity index (χ3n) is 6.84. The molecule has 0 amide bonds. The second kappa shape index (κ2) is 11.2. The second-order valence-corrected chi connectivity index (χ2v) is 10.0. The van der Waals surface area contributed by atoms with Crippen LogP contribution in [0, 0.1) is 0 Å². The number of ketones is 2. The van der Waals surface area contributed by atoms with Crippen molar-refractivity contribution in [2.45, 2.75) is 77.7 Å². The van der Waals surface area contributed by atoms with E-state index in [2.05, 4.69) is 4.90 Å². The van der Waals surface area contributed by atoms with E-state index in [-0.39, 0.29) is 17.7 Å². The van der Waals surface area contributed by atoms with Crippen LogP contribution in [0.4, 0.5) is 0 Å². The van der Waals surface area contributed by atoms with E-state index >= 15 is 0 Å². The van der Waals surface area contributed by atoms with Gasteiger partial charge in [0.25, 0.3) is 0 Å². The van der Waals surface area contributed by atoms with Gasteiger partial charge in [-0.1, -0.05) is 11.6 Å². The summed E-state index contributed by atoms with van der Waals surface area (Å²) < 4.78 is 17.2.